The van der Waals surface area contributed by atoms with E-state index in [1.54, 1.807) is 0 Å². The molecule has 2 aromatic carbocycles. The van der Waals surface area contributed by atoms with Gasteiger partial charge >= 0.3 is 0 Å². The molecule has 4 rings (SSSR count). The first-order chi connectivity index (χ1) is 12.2. The van der Waals surface area contributed by atoms with Gasteiger partial charge < -0.3 is 10.2 Å². The van der Waals surface area contributed by atoms with E-state index in [2.05, 4.69) is 15.5 Å². The quantitative estimate of drug-likeness (QED) is 0.797. The number of aromatic nitrogens is 2. The Kier molecular flexibility index (Phi) is 4.06. The van der Waals surface area contributed by atoms with Gasteiger partial charge in [-0.1, -0.05) is 54.6 Å². The summed E-state index contributed by atoms with van der Waals surface area (Å²) in [4.78, 5) is 14.2. The largest absolute Gasteiger partial charge is 0.363 e. The second kappa shape index (κ2) is 6.51. The minimum Gasteiger partial charge on any atom is -0.363 e. The zero-order valence-electron chi connectivity index (χ0n) is 14.1. The average molecular weight is 332 g/mol. The van der Waals surface area contributed by atoms with Crippen LogP contribution in [0.25, 0.3) is 10.8 Å². The summed E-state index contributed by atoms with van der Waals surface area (Å²) < 4.78 is 0. The Hall–Kier alpha value is -2.95. The van der Waals surface area contributed by atoms with Crippen LogP contribution in [0.1, 0.15) is 17.7 Å². The molecule has 1 saturated heterocycles. The van der Waals surface area contributed by atoms with Crippen molar-refractivity contribution in [1.29, 1.82) is 0 Å². The molecule has 2 heterocycles. The number of rotatable bonds is 4. The number of aryl methyl sites for hydroxylation is 1. The van der Waals surface area contributed by atoms with Crippen LogP contribution in [-0.4, -0.2) is 33.6 Å². The van der Waals surface area contributed by atoms with Gasteiger partial charge in [-0.25, -0.2) is 0 Å². The number of nitrogens with zero attached hydrogens (tertiary/aromatic N) is 3. The topological polar surface area (TPSA) is 58.1 Å². The molecule has 5 heteroatoms. The number of hydrogen-bond donors (Lipinski definition) is 1. The molecular formula is C20H20N4O. The predicted octanol–water partition coefficient (Wildman–Crippen LogP) is 3.15. The lowest BCUT2D eigenvalue weighted by Gasteiger charge is -2.18. The van der Waals surface area contributed by atoms with Gasteiger partial charge in [-0.3, -0.25) is 4.79 Å². The summed E-state index contributed by atoms with van der Waals surface area (Å²) in [5.41, 5.74) is 2.06. The van der Waals surface area contributed by atoms with E-state index >= 15 is 0 Å². The van der Waals surface area contributed by atoms with E-state index in [0.29, 0.717) is 19.5 Å². The second-order valence-corrected chi connectivity index (χ2v) is 6.48. The van der Waals surface area contributed by atoms with Crippen molar-refractivity contribution in [2.24, 2.45) is 0 Å². The molecular weight excluding hydrogens is 312 g/mol. The molecule has 0 radical (unpaired) electrons. The summed E-state index contributed by atoms with van der Waals surface area (Å²) in [5, 5.41) is 14.1. The zero-order valence-corrected chi connectivity index (χ0v) is 14.1. The van der Waals surface area contributed by atoms with Crippen molar-refractivity contribution in [2.45, 2.75) is 25.9 Å². The maximum atomic E-state index is 12.3. The van der Waals surface area contributed by atoms with Gasteiger partial charge in [0.1, 0.15) is 0 Å². The van der Waals surface area contributed by atoms with Gasteiger partial charge in [0, 0.05) is 30.3 Å². The molecule has 1 N–H and O–H groups in total. The first kappa shape index (κ1) is 15.6. The molecule has 1 fully saturated rings. The Morgan fingerprint density at radius 3 is 2.56 bits per heavy atom. The molecule has 0 spiro atoms. The highest BCUT2D eigenvalue weighted by atomic mass is 16.2. The number of amides is 1. The lowest BCUT2D eigenvalue weighted by atomic mass is 10.1. The summed E-state index contributed by atoms with van der Waals surface area (Å²) in [6.07, 6.45) is 0.483. The number of fused-ring (bicyclic) bond motifs is 1. The molecule has 1 amide bonds. The maximum Gasteiger partial charge on any atom is 0.225 e. The van der Waals surface area contributed by atoms with Crippen LogP contribution in [0, 0.1) is 6.92 Å². The number of carbonyl (C=O) groups excluding carboxylic acids is 1. The molecule has 25 heavy (non-hydrogen) atoms. The third-order valence-corrected chi connectivity index (χ3v) is 4.64. The first-order valence-corrected chi connectivity index (χ1v) is 8.51. The molecule has 0 aliphatic carbocycles. The molecule has 0 unspecified atom stereocenters. The van der Waals surface area contributed by atoms with Crippen molar-refractivity contribution >= 4 is 22.5 Å². The van der Waals surface area contributed by atoms with Crippen molar-refractivity contribution in [3.05, 3.63) is 65.9 Å². The molecule has 1 aliphatic heterocycles. The van der Waals surface area contributed by atoms with Crippen LogP contribution in [0.5, 0.6) is 0 Å². The molecule has 1 aliphatic rings. The van der Waals surface area contributed by atoms with Gasteiger partial charge in [-0.15, -0.1) is 5.10 Å². The first-order valence-electron chi connectivity index (χ1n) is 8.51. The Bertz CT molecular complexity index is 910. The van der Waals surface area contributed by atoms with Gasteiger partial charge in [0.15, 0.2) is 5.82 Å². The van der Waals surface area contributed by atoms with Crippen molar-refractivity contribution in [3.8, 4) is 0 Å². The Morgan fingerprint density at radius 2 is 1.76 bits per heavy atom. The number of hydrogen-bond acceptors (Lipinski definition) is 4. The highest BCUT2D eigenvalue weighted by molar-refractivity contribution is 5.93. The third kappa shape index (κ3) is 3.18. The minimum atomic E-state index is 0.0524. The molecule has 1 aromatic heterocycles. The Labute approximate surface area is 146 Å². The van der Waals surface area contributed by atoms with Gasteiger partial charge in [0.2, 0.25) is 5.91 Å². The summed E-state index contributed by atoms with van der Waals surface area (Å²) in [7, 11) is 0. The molecule has 0 saturated carbocycles. The normalized spacial score (nSPS) is 17.2. The van der Waals surface area contributed by atoms with E-state index in [0.717, 1.165) is 27.8 Å². The minimum absolute atomic E-state index is 0.0524. The van der Waals surface area contributed by atoms with Crippen molar-refractivity contribution in [2.75, 3.05) is 11.9 Å². The van der Waals surface area contributed by atoms with E-state index in [9.17, 15) is 4.79 Å². The van der Waals surface area contributed by atoms with Gasteiger partial charge in [-0.05, 0) is 12.5 Å². The Morgan fingerprint density at radius 1 is 1.04 bits per heavy atom. The summed E-state index contributed by atoms with van der Waals surface area (Å²) in [6.45, 7) is 3.29. The number of likely N-dealkylation sites (tertiary alicyclic amines) is 1. The molecule has 126 valence electrons. The van der Waals surface area contributed by atoms with Crippen LogP contribution < -0.4 is 5.32 Å². The number of carbonyl (C=O) groups is 1. The summed E-state index contributed by atoms with van der Waals surface area (Å²) >= 11 is 0. The van der Waals surface area contributed by atoms with E-state index in [-0.39, 0.29) is 11.9 Å². The smallest absolute Gasteiger partial charge is 0.225 e. The van der Waals surface area contributed by atoms with E-state index in [4.69, 9.17) is 0 Å². The van der Waals surface area contributed by atoms with Crippen molar-refractivity contribution in [3.63, 3.8) is 0 Å². The van der Waals surface area contributed by atoms with Crippen LogP contribution in [-0.2, 0) is 11.3 Å². The fourth-order valence-corrected chi connectivity index (χ4v) is 3.36. The Balaban J connectivity index is 1.51. The fraction of sp³-hybridized carbons (Fsp3) is 0.250. The number of benzene rings is 2. The zero-order chi connectivity index (χ0) is 17.2. The third-order valence-electron chi connectivity index (χ3n) is 4.64. The van der Waals surface area contributed by atoms with E-state index in [1.165, 1.54) is 0 Å². The maximum absolute atomic E-state index is 12.3. The van der Waals surface area contributed by atoms with Crippen molar-refractivity contribution in [1.82, 2.24) is 15.1 Å². The highest BCUT2D eigenvalue weighted by Crippen LogP contribution is 2.25. The lowest BCUT2D eigenvalue weighted by Crippen LogP contribution is -2.27. The van der Waals surface area contributed by atoms with Crippen LogP contribution in [0.15, 0.2) is 54.6 Å². The molecule has 5 nitrogen and oxygen atoms in total. The van der Waals surface area contributed by atoms with E-state index < -0.39 is 0 Å². The highest BCUT2D eigenvalue weighted by Gasteiger charge is 2.30. The second-order valence-electron chi connectivity index (χ2n) is 6.48. The van der Waals surface area contributed by atoms with Crippen LogP contribution >= 0.6 is 0 Å². The monoisotopic (exact) mass is 332 g/mol. The van der Waals surface area contributed by atoms with Gasteiger partial charge in [-0.2, -0.15) is 5.10 Å². The fourth-order valence-electron chi connectivity index (χ4n) is 3.36. The van der Waals surface area contributed by atoms with Crippen LogP contribution in [0.4, 0.5) is 5.82 Å². The average Bonchev–Trinajstić information content (AvgIpc) is 2.98. The van der Waals surface area contributed by atoms with Crippen LogP contribution in [0.3, 0.4) is 0 Å². The lowest BCUT2D eigenvalue weighted by molar-refractivity contribution is -0.128. The number of anilines is 1. The number of nitrogens with one attached hydrogen (secondary N) is 1. The van der Waals surface area contributed by atoms with Crippen molar-refractivity contribution < 1.29 is 4.79 Å². The van der Waals surface area contributed by atoms with Gasteiger partial charge in [0.25, 0.3) is 0 Å². The predicted molar refractivity (Wildman–Crippen MR) is 98.2 cm³/mol. The summed E-state index contributed by atoms with van der Waals surface area (Å²) in [6, 6.07) is 18.2. The van der Waals surface area contributed by atoms with Gasteiger partial charge in [0.05, 0.1) is 11.7 Å². The summed E-state index contributed by atoms with van der Waals surface area (Å²) in [5.74, 6) is 0.922. The molecule has 0 bridgehead atoms. The SMILES string of the molecule is Cc1nnc(N[C@@H]2CC(=O)N(Cc3ccccc3)C2)c2ccccc12. The van der Waals surface area contributed by atoms with E-state index in [1.807, 2.05) is 66.4 Å². The standard InChI is InChI=1S/C20H20N4O/c1-14-17-9-5-6-10-18(17)20(23-22-14)21-16-11-19(25)24(13-16)12-15-7-3-2-4-8-15/h2-10,16H,11-13H2,1H3,(H,21,23)/t16-/m1/s1. The molecule has 3 aromatic rings. The van der Waals surface area contributed by atoms with Crippen LogP contribution in [0.2, 0.25) is 0 Å². The molecule has 1 atom stereocenters.